The standard InChI is InChI=1S/C14H7F3N4O7/c15-14(16,17)8-5-11(20(25)26)13(12(6-8)21(27)28)18(7-22)9-3-1-2-4-10(9)19(23)24/h1-7H. The van der Waals surface area contributed by atoms with Crippen LogP contribution in [0.25, 0.3) is 0 Å². The van der Waals surface area contributed by atoms with Crippen LogP contribution in [0.5, 0.6) is 0 Å². The normalized spacial score (nSPS) is 11.0. The Kier molecular flexibility index (Phi) is 5.24. The Balaban J connectivity index is 2.93. The highest BCUT2D eigenvalue weighted by Gasteiger charge is 2.40. The van der Waals surface area contributed by atoms with E-state index < -0.39 is 54.9 Å². The maximum Gasteiger partial charge on any atom is 0.416 e. The zero-order chi connectivity index (χ0) is 21.2. The molecule has 0 saturated heterocycles. The number of nitrogens with zero attached hydrogens (tertiary/aromatic N) is 4. The molecule has 1 amide bonds. The van der Waals surface area contributed by atoms with E-state index in [1.165, 1.54) is 12.1 Å². The Morgan fingerprint density at radius 3 is 1.71 bits per heavy atom. The third-order valence-electron chi connectivity index (χ3n) is 3.47. The fraction of sp³-hybridized carbons (Fsp3) is 0.0714. The molecule has 0 radical (unpaired) electrons. The summed E-state index contributed by atoms with van der Waals surface area (Å²) in [6, 6.07) is 4.27. The molecular formula is C14H7F3N4O7. The number of para-hydroxylation sites is 2. The lowest BCUT2D eigenvalue weighted by Crippen LogP contribution is -2.19. The van der Waals surface area contributed by atoms with Crippen LogP contribution in [-0.4, -0.2) is 21.2 Å². The Labute approximate surface area is 152 Å². The van der Waals surface area contributed by atoms with Gasteiger partial charge in [-0.3, -0.25) is 40.0 Å². The topological polar surface area (TPSA) is 150 Å². The van der Waals surface area contributed by atoms with Gasteiger partial charge in [0.15, 0.2) is 0 Å². The predicted molar refractivity (Wildman–Crippen MR) is 86.1 cm³/mol. The maximum atomic E-state index is 13.0. The summed E-state index contributed by atoms with van der Waals surface area (Å²) in [5, 5.41) is 33.7. The molecule has 0 aromatic heterocycles. The highest BCUT2D eigenvalue weighted by molar-refractivity contribution is 5.97. The van der Waals surface area contributed by atoms with E-state index >= 15 is 0 Å². The van der Waals surface area contributed by atoms with Crippen molar-refractivity contribution in [1.29, 1.82) is 0 Å². The Hall–Kier alpha value is -4.10. The molecule has 0 bridgehead atoms. The van der Waals surface area contributed by atoms with Gasteiger partial charge in [-0.05, 0) is 6.07 Å². The molecule has 146 valence electrons. The molecule has 2 rings (SSSR count). The van der Waals surface area contributed by atoms with Gasteiger partial charge in [0, 0.05) is 18.2 Å². The van der Waals surface area contributed by atoms with E-state index in [-0.39, 0.29) is 23.4 Å². The highest BCUT2D eigenvalue weighted by atomic mass is 19.4. The third-order valence-corrected chi connectivity index (χ3v) is 3.47. The molecule has 0 saturated carbocycles. The molecule has 28 heavy (non-hydrogen) atoms. The van der Waals surface area contributed by atoms with E-state index in [9.17, 15) is 48.3 Å². The number of nitro groups is 3. The van der Waals surface area contributed by atoms with Crippen LogP contribution in [0.1, 0.15) is 5.56 Å². The number of nitro benzene ring substituents is 3. The van der Waals surface area contributed by atoms with E-state index in [0.29, 0.717) is 0 Å². The van der Waals surface area contributed by atoms with Gasteiger partial charge < -0.3 is 0 Å². The monoisotopic (exact) mass is 400 g/mol. The number of benzene rings is 2. The van der Waals surface area contributed by atoms with Crippen molar-refractivity contribution in [2.75, 3.05) is 4.90 Å². The lowest BCUT2D eigenvalue weighted by molar-refractivity contribution is -0.393. The molecule has 0 unspecified atom stereocenters. The summed E-state index contributed by atoms with van der Waals surface area (Å²) in [6.45, 7) is 0. The van der Waals surface area contributed by atoms with Gasteiger partial charge in [-0.1, -0.05) is 12.1 Å². The first-order valence-electron chi connectivity index (χ1n) is 7.01. The number of carbonyl (C=O) groups excluding carboxylic acids is 1. The number of hydrogen-bond donors (Lipinski definition) is 0. The molecule has 0 fully saturated rings. The van der Waals surface area contributed by atoms with Crippen molar-refractivity contribution in [2.45, 2.75) is 6.18 Å². The van der Waals surface area contributed by atoms with Gasteiger partial charge in [0.1, 0.15) is 5.69 Å². The molecule has 0 atom stereocenters. The molecule has 0 heterocycles. The average Bonchev–Trinajstić information content (AvgIpc) is 2.61. The number of carbonyl (C=O) groups is 1. The summed E-state index contributed by atoms with van der Waals surface area (Å²) in [4.78, 5) is 41.8. The number of alkyl halides is 3. The van der Waals surface area contributed by atoms with Gasteiger partial charge in [0.2, 0.25) is 12.1 Å². The van der Waals surface area contributed by atoms with Gasteiger partial charge in [0.25, 0.3) is 5.69 Å². The molecule has 2 aromatic rings. The van der Waals surface area contributed by atoms with Crippen molar-refractivity contribution < 1.29 is 32.7 Å². The summed E-state index contributed by atoms with van der Waals surface area (Å²) in [6.07, 6.45) is -5.36. The quantitative estimate of drug-likeness (QED) is 0.407. The number of hydrogen-bond acceptors (Lipinski definition) is 7. The van der Waals surface area contributed by atoms with Crippen LogP contribution in [0.3, 0.4) is 0 Å². The first-order chi connectivity index (χ1) is 13.0. The average molecular weight is 400 g/mol. The van der Waals surface area contributed by atoms with Crippen LogP contribution in [0, 0.1) is 30.3 Å². The third kappa shape index (κ3) is 3.69. The van der Waals surface area contributed by atoms with Crippen LogP contribution in [0.2, 0.25) is 0 Å². The fourth-order valence-corrected chi connectivity index (χ4v) is 2.35. The molecule has 0 aliphatic carbocycles. The largest absolute Gasteiger partial charge is 0.416 e. The minimum absolute atomic E-state index is 0.00755. The lowest BCUT2D eigenvalue weighted by Gasteiger charge is -2.18. The van der Waals surface area contributed by atoms with Crippen molar-refractivity contribution in [1.82, 2.24) is 0 Å². The molecule has 2 aromatic carbocycles. The second kappa shape index (κ2) is 7.26. The number of halogens is 3. The Bertz CT molecular complexity index is 958. The van der Waals surface area contributed by atoms with E-state index in [1.54, 1.807) is 0 Å². The zero-order valence-corrected chi connectivity index (χ0v) is 13.3. The van der Waals surface area contributed by atoms with Gasteiger partial charge >= 0.3 is 17.6 Å². The number of rotatable bonds is 6. The minimum atomic E-state index is -5.15. The summed E-state index contributed by atoms with van der Waals surface area (Å²) >= 11 is 0. The van der Waals surface area contributed by atoms with Crippen LogP contribution in [-0.2, 0) is 11.0 Å². The van der Waals surface area contributed by atoms with Crippen LogP contribution >= 0.6 is 0 Å². The maximum absolute atomic E-state index is 13.0. The molecule has 0 aliphatic heterocycles. The zero-order valence-electron chi connectivity index (χ0n) is 13.3. The SMILES string of the molecule is O=CN(c1ccccc1[N+](=O)[O-])c1c([N+](=O)[O-])cc(C(F)(F)F)cc1[N+](=O)[O-]. The lowest BCUT2D eigenvalue weighted by atomic mass is 10.1. The van der Waals surface area contributed by atoms with E-state index in [4.69, 9.17) is 0 Å². The molecular weight excluding hydrogens is 393 g/mol. The number of amides is 1. The van der Waals surface area contributed by atoms with Gasteiger partial charge in [-0.2, -0.15) is 13.2 Å². The summed E-state index contributed by atoms with van der Waals surface area (Å²) in [5.74, 6) is 0. The van der Waals surface area contributed by atoms with Crippen molar-refractivity contribution in [3.05, 3.63) is 72.3 Å². The van der Waals surface area contributed by atoms with Crippen LogP contribution in [0.15, 0.2) is 36.4 Å². The van der Waals surface area contributed by atoms with Gasteiger partial charge in [0.05, 0.1) is 20.3 Å². The molecule has 11 nitrogen and oxygen atoms in total. The van der Waals surface area contributed by atoms with Gasteiger partial charge in [-0.15, -0.1) is 0 Å². The second-order valence-electron chi connectivity index (χ2n) is 5.10. The summed E-state index contributed by atoms with van der Waals surface area (Å²) in [5.41, 5.74) is -7.04. The smallest absolute Gasteiger partial charge is 0.278 e. The number of anilines is 2. The highest BCUT2D eigenvalue weighted by Crippen LogP contribution is 2.46. The Morgan fingerprint density at radius 1 is 0.857 bits per heavy atom. The van der Waals surface area contributed by atoms with E-state index in [2.05, 4.69) is 0 Å². The molecule has 0 spiro atoms. The summed E-state index contributed by atoms with van der Waals surface area (Å²) < 4.78 is 38.9. The van der Waals surface area contributed by atoms with Crippen LogP contribution < -0.4 is 4.90 Å². The first-order valence-corrected chi connectivity index (χ1v) is 7.01. The predicted octanol–water partition coefficient (Wildman–Crippen LogP) is 3.72. The Morgan fingerprint density at radius 2 is 1.32 bits per heavy atom. The van der Waals surface area contributed by atoms with Crippen molar-refractivity contribution in [3.8, 4) is 0 Å². The van der Waals surface area contributed by atoms with E-state index in [1.807, 2.05) is 0 Å². The van der Waals surface area contributed by atoms with Crippen LogP contribution in [0.4, 0.5) is 41.6 Å². The van der Waals surface area contributed by atoms with E-state index in [0.717, 1.165) is 12.1 Å². The second-order valence-corrected chi connectivity index (χ2v) is 5.10. The van der Waals surface area contributed by atoms with Crippen molar-refractivity contribution in [3.63, 3.8) is 0 Å². The molecule has 14 heteroatoms. The molecule has 0 N–H and O–H groups in total. The molecule has 0 aliphatic rings. The first kappa shape index (κ1) is 20.2. The minimum Gasteiger partial charge on any atom is -0.278 e. The fourth-order valence-electron chi connectivity index (χ4n) is 2.35. The van der Waals surface area contributed by atoms with Gasteiger partial charge in [-0.25, -0.2) is 0 Å². The van der Waals surface area contributed by atoms with Crippen molar-refractivity contribution >= 4 is 34.8 Å². The van der Waals surface area contributed by atoms with Crippen molar-refractivity contribution in [2.24, 2.45) is 0 Å². The summed E-state index contributed by atoms with van der Waals surface area (Å²) in [7, 11) is 0.